The summed E-state index contributed by atoms with van der Waals surface area (Å²) in [5.74, 6) is 0. The second-order valence-corrected chi connectivity index (χ2v) is 6.10. The highest BCUT2D eigenvalue weighted by Gasteiger charge is 2.17. The first-order valence-corrected chi connectivity index (χ1v) is 8.56. The standard InChI is InChI=1S/C18H25NS/c1-4-11-19-17(18-15(6-3)10-12-20-18)16-9-7-8-14(5-2)13-16/h7-10,12-13,17,19H,4-6,11H2,1-3H3. The average molecular weight is 287 g/mol. The molecule has 0 amide bonds. The zero-order chi connectivity index (χ0) is 14.4. The van der Waals surface area contributed by atoms with Crippen LogP contribution < -0.4 is 5.32 Å². The molecule has 1 unspecified atom stereocenters. The summed E-state index contributed by atoms with van der Waals surface area (Å²) in [6.07, 6.45) is 3.37. The molecule has 2 rings (SSSR count). The Labute approximate surface area is 127 Å². The van der Waals surface area contributed by atoms with Crippen LogP contribution in [0.1, 0.15) is 54.8 Å². The van der Waals surface area contributed by atoms with Gasteiger partial charge in [-0.15, -0.1) is 11.3 Å². The molecule has 0 aliphatic heterocycles. The summed E-state index contributed by atoms with van der Waals surface area (Å²) in [6.45, 7) is 7.74. The zero-order valence-corrected chi connectivity index (χ0v) is 13.6. The SMILES string of the molecule is CCCNC(c1cccc(CC)c1)c1sccc1CC. The summed E-state index contributed by atoms with van der Waals surface area (Å²) in [6, 6.07) is 11.6. The molecule has 1 aromatic heterocycles. The third-order valence-corrected chi connectivity index (χ3v) is 4.74. The Hall–Kier alpha value is -1.12. The predicted molar refractivity (Wildman–Crippen MR) is 89.7 cm³/mol. The quantitative estimate of drug-likeness (QED) is 0.758. The van der Waals surface area contributed by atoms with Gasteiger partial charge in [-0.25, -0.2) is 0 Å². The summed E-state index contributed by atoms with van der Waals surface area (Å²) in [5.41, 5.74) is 4.29. The molecule has 1 N–H and O–H groups in total. The first-order valence-electron chi connectivity index (χ1n) is 7.68. The number of nitrogens with one attached hydrogen (secondary N) is 1. The first kappa shape index (κ1) is 15.3. The topological polar surface area (TPSA) is 12.0 Å². The molecule has 1 atom stereocenters. The van der Waals surface area contributed by atoms with E-state index in [1.54, 1.807) is 0 Å². The molecule has 0 saturated heterocycles. The highest BCUT2D eigenvalue weighted by molar-refractivity contribution is 7.10. The molecule has 2 heteroatoms. The molecule has 0 bridgehead atoms. The maximum absolute atomic E-state index is 3.72. The minimum Gasteiger partial charge on any atom is -0.306 e. The normalized spacial score (nSPS) is 12.6. The van der Waals surface area contributed by atoms with Gasteiger partial charge in [0.1, 0.15) is 0 Å². The summed E-state index contributed by atoms with van der Waals surface area (Å²) in [4.78, 5) is 1.48. The van der Waals surface area contributed by atoms with Gasteiger partial charge in [0.15, 0.2) is 0 Å². The van der Waals surface area contributed by atoms with Crippen LogP contribution in [0, 0.1) is 0 Å². The minimum atomic E-state index is 0.344. The van der Waals surface area contributed by atoms with Gasteiger partial charge < -0.3 is 5.32 Å². The van der Waals surface area contributed by atoms with Gasteiger partial charge in [-0.1, -0.05) is 45.0 Å². The lowest BCUT2D eigenvalue weighted by atomic mass is 9.98. The van der Waals surface area contributed by atoms with Crippen molar-refractivity contribution in [1.29, 1.82) is 0 Å². The predicted octanol–water partition coefficient (Wildman–Crippen LogP) is 4.96. The van der Waals surface area contributed by atoms with E-state index in [9.17, 15) is 0 Å². The van der Waals surface area contributed by atoms with Gasteiger partial charge in [-0.05, 0) is 53.9 Å². The van der Waals surface area contributed by atoms with Gasteiger partial charge in [-0.3, -0.25) is 0 Å². The lowest BCUT2D eigenvalue weighted by Crippen LogP contribution is -2.23. The number of thiophene rings is 1. The van der Waals surface area contributed by atoms with Crippen molar-refractivity contribution in [1.82, 2.24) is 5.32 Å². The molecule has 0 spiro atoms. The number of benzene rings is 1. The molecular formula is C18H25NS. The van der Waals surface area contributed by atoms with E-state index in [2.05, 4.69) is 61.8 Å². The van der Waals surface area contributed by atoms with E-state index in [1.807, 2.05) is 11.3 Å². The Morgan fingerprint density at radius 3 is 2.65 bits per heavy atom. The first-order chi connectivity index (χ1) is 9.80. The Balaban J connectivity index is 2.36. The van der Waals surface area contributed by atoms with E-state index < -0.39 is 0 Å². The number of hydrogen-bond acceptors (Lipinski definition) is 2. The Kier molecular flexibility index (Phi) is 5.81. The molecule has 108 valence electrons. The molecule has 0 saturated carbocycles. The number of rotatable bonds is 7. The van der Waals surface area contributed by atoms with Gasteiger partial charge in [0.05, 0.1) is 6.04 Å². The maximum atomic E-state index is 3.72. The van der Waals surface area contributed by atoms with Crippen LogP contribution in [0.2, 0.25) is 0 Å². The van der Waals surface area contributed by atoms with Crippen molar-refractivity contribution in [3.8, 4) is 0 Å². The molecule has 1 nitrogen and oxygen atoms in total. The lowest BCUT2D eigenvalue weighted by molar-refractivity contribution is 0.602. The molecule has 0 aliphatic rings. The highest BCUT2D eigenvalue weighted by Crippen LogP contribution is 2.30. The summed E-state index contributed by atoms with van der Waals surface area (Å²) >= 11 is 1.88. The van der Waals surface area contributed by atoms with Crippen molar-refractivity contribution in [2.75, 3.05) is 6.54 Å². The van der Waals surface area contributed by atoms with E-state index in [0.717, 1.165) is 25.8 Å². The van der Waals surface area contributed by atoms with Crippen LogP contribution in [0.25, 0.3) is 0 Å². The molecule has 0 aliphatic carbocycles. The van der Waals surface area contributed by atoms with Crippen molar-refractivity contribution in [2.24, 2.45) is 0 Å². The monoisotopic (exact) mass is 287 g/mol. The zero-order valence-electron chi connectivity index (χ0n) is 12.8. The molecule has 20 heavy (non-hydrogen) atoms. The maximum Gasteiger partial charge on any atom is 0.0673 e. The van der Waals surface area contributed by atoms with E-state index >= 15 is 0 Å². The third kappa shape index (κ3) is 3.50. The van der Waals surface area contributed by atoms with Crippen LogP contribution in [-0.4, -0.2) is 6.54 Å². The lowest BCUT2D eigenvalue weighted by Gasteiger charge is -2.20. The van der Waals surface area contributed by atoms with Crippen LogP contribution in [0.4, 0.5) is 0 Å². The Morgan fingerprint density at radius 1 is 1.10 bits per heavy atom. The summed E-state index contributed by atoms with van der Waals surface area (Å²) in [5, 5.41) is 5.95. The molecule has 1 aromatic carbocycles. The fourth-order valence-electron chi connectivity index (χ4n) is 2.54. The van der Waals surface area contributed by atoms with Crippen LogP contribution in [0.15, 0.2) is 35.7 Å². The van der Waals surface area contributed by atoms with Crippen molar-refractivity contribution in [3.05, 3.63) is 57.3 Å². The second kappa shape index (κ2) is 7.61. The summed E-state index contributed by atoms with van der Waals surface area (Å²) in [7, 11) is 0. The van der Waals surface area contributed by atoms with Crippen molar-refractivity contribution in [3.63, 3.8) is 0 Å². The third-order valence-electron chi connectivity index (χ3n) is 3.71. The average Bonchev–Trinajstić information content (AvgIpc) is 2.96. The van der Waals surface area contributed by atoms with E-state index in [4.69, 9.17) is 0 Å². The highest BCUT2D eigenvalue weighted by atomic mass is 32.1. The molecule has 0 fully saturated rings. The molecule has 1 heterocycles. The van der Waals surface area contributed by atoms with Gasteiger partial charge >= 0.3 is 0 Å². The number of hydrogen-bond donors (Lipinski definition) is 1. The van der Waals surface area contributed by atoms with E-state index in [-0.39, 0.29) is 0 Å². The van der Waals surface area contributed by atoms with Gasteiger partial charge in [0, 0.05) is 4.88 Å². The van der Waals surface area contributed by atoms with Gasteiger partial charge in [-0.2, -0.15) is 0 Å². The summed E-state index contributed by atoms with van der Waals surface area (Å²) < 4.78 is 0. The van der Waals surface area contributed by atoms with Crippen LogP contribution in [0.5, 0.6) is 0 Å². The van der Waals surface area contributed by atoms with Gasteiger partial charge in [0.2, 0.25) is 0 Å². The largest absolute Gasteiger partial charge is 0.306 e. The van der Waals surface area contributed by atoms with Crippen LogP contribution in [0.3, 0.4) is 0 Å². The van der Waals surface area contributed by atoms with Crippen molar-refractivity contribution < 1.29 is 0 Å². The van der Waals surface area contributed by atoms with Gasteiger partial charge in [0.25, 0.3) is 0 Å². The fourth-order valence-corrected chi connectivity index (χ4v) is 3.63. The smallest absolute Gasteiger partial charge is 0.0673 e. The fraction of sp³-hybridized carbons (Fsp3) is 0.444. The van der Waals surface area contributed by atoms with Crippen LogP contribution in [-0.2, 0) is 12.8 Å². The Bertz CT molecular complexity index is 530. The van der Waals surface area contributed by atoms with E-state index in [0.29, 0.717) is 6.04 Å². The van der Waals surface area contributed by atoms with Crippen LogP contribution >= 0.6 is 11.3 Å². The molecular weight excluding hydrogens is 262 g/mol. The second-order valence-electron chi connectivity index (χ2n) is 5.15. The molecule has 2 aromatic rings. The van der Waals surface area contributed by atoms with Crippen molar-refractivity contribution >= 4 is 11.3 Å². The van der Waals surface area contributed by atoms with Crippen molar-refractivity contribution in [2.45, 2.75) is 46.1 Å². The molecule has 0 radical (unpaired) electrons. The van der Waals surface area contributed by atoms with E-state index in [1.165, 1.54) is 21.6 Å². The Morgan fingerprint density at radius 2 is 1.95 bits per heavy atom. The number of aryl methyl sites for hydroxylation is 2. The minimum absolute atomic E-state index is 0.344.